The molecule has 0 unspecified atom stereocenters. The molecular formula is C13H16BrN3O2. The van der Waals surface area contributed by atoms with Crippen molar-refractivity contribution in [3.63, 3.8) is 0 Å². The fourth-order valence-electron chi connectivity index (χ4n) is 1.62. The molecule has 0 spiro atoms. The van der Waals surface area contributed by atoms with Crippen LogP contribution in [0.3, 0.4) is 0 Å². The Hall–Kier alpha value is -1.40. The van der Waals surface area contributed by atoms with Gasteiger partial charge in [-0.15, -0.1) is 10.2 Å². The standard InChI is InChI=1S/C13H16BrN3O2/c1-2-12-16-17-13(19-12)8-18-10-3-4-11(14)9(7-10)5-6-15/h3-4,7H,2,5-6,8,15H2,1H3. The van der Waals surface area contributed by atoms with E-state index in [0.29, 0.717) is 18.3 Å². The van der Waals surface area contributed by atoms with E-state index in [1.807, 2.05) is 25.1 Å². The highest BCUT2D eigenvalue weighted by Crippen LogP contribution is 2.23. The van der Waals surface area contributed by atoms with Gasteiger partial charge in [-0.3, -0.25) is 0 Å². The van der Waals surface area contributed by atoms with Crippen LogP contribution in [0.25, 0.3) is 0 Å². The Bertz CT molecular complexity index is 542. The number of aromatic nitrogens is 2. The average molecular weight is 326 g/mol. The summed E-state index contributed by atoms with van der Waals surface area (Å²) in [5, 5.41) is 7.79. The molecule has 1 heterocycles. The van der Waals surface area contributed by atoms with E-state index in [4.69, 9.17) is 14.9 Å². The van der Waals surface area contributed by atoms with Gasteiger partial charge in [-0.25, -0.2) is 0 Å². The third-order valence-electron chi connectivity index (χ3n) is 2.60. The van der Waals surface area contributed by atoms with E-state index in [0.717, 1.165) is 28.6 Å². The highest BCUT2D eigenvalue weighted by atomic mass is 79.9. The number of hydrogen-bond acceptors (Lipinski definition) is 5. The zero-order valence-electron chi connectivity index (χ0n) is 10.7. The molecule has 0 amide bonds. The molecule has 2 aromatic rings. The molecule has 0 aliphatic heterocycles. The van der Waals surface area contributed by atoms with Crippen LogP contribution in [0.15, 0.2) is 27.1 Å². The lowest BCUT2D eigenvalue weighted by atomic mass is 10.1. The molecule has 5 nitrogen and oxygen atoms in total. The molecule has 0 saturated carbocycles. The summed E-state index contributed by atoms with van der Waals surface area (Å²) < 4.78 is 12.1. The minimum absolute atomic E-state index is 0.275. The predicted molar refractivity (Wildman–Crippen MR) is 74.9 cm³/mol. The second-order valence-electron chi connectivity index (χ2n) is 4.02. The molecule has 6 heteroatoms. The third kappa shape index (κ3) is 3.78. The van der Waals surface area contributed by atoms with Gasteiger partial charge in [-0.05, 0) is 36.7 Å². The summed E-state index contributed by atoms with van der Waals surface area (Å²) >= 11 is 3.49. The van der Waals surface area contributed by atoms with E-state index in [-0.39, 0.29) is 6.61 Å². The Balaban J connectivity index is 2.00. The monoisotopic (exact) mass is 325 g/mol. The van der Waals surface area contributed by atoms with Gasteiger partial charge in [0.05, 0.1) is 0 Å². The first kappa shape index (κ1) is 14.0. The zero-order valence-corrected chi connectivity index (χ0v) is 12.3. The lowest BCUT2D eigenvalue weighted by Gasteiger charge is -2.07. The maximum atomic E-state index is 5.63. The number of benzene rings is 1. The van der Waals surface area contributed by atoms with Gasteiger partial charge in [-0.1, -0.05) is 22.9 Å². The van der Waals surface area contributed by atoms with Crippen molar-refractivity contribution in [1.82, 2.24) is 10.2 Å². The van der Waals surface area contributed by atoms with E-state index in [2.05, 4.69) is 26.1 Å². The van der Waals surface area contributed by atoms with Crippen LogP contribution in [0.2, 0.25) is 0 Å². The molecule has 19 heavy (non-hydrogen) atoms. The number of nitrogens with two attached hydrogens (primary N) is 1. The molecule has 0 saturated heterocycles. The fraction of sp³-hybridized carbons (Fsp3) is 0.385. The van der Waals surface area contributed by atoms with E-state index in [1.165, 1.54) is 0 Å². The van der Waals surface area contributed by atoms with E-state index >= 15 is 0 Å². The number of aryl methyl sites for hydroxylation is 1. The molecule has 1 aromatic heterocycles. The van der Waals surface area contributed by atoms with Crippen molar-refractivity contribution >= 4 is 15.9 Å². The van der Waals surface area contributed by atoms with E-state index < -0.39 is 0 Å². The lowest BCUT2D eigenvalue weighted by molar-refractivity contribution is 0.259. The maximum Gasteiger partial charge on any atom is 0.253 e. The average Bonchev–Trinajstić information content (AvgIpc) is 2.88. The van der Waals surface area contributed by atoms with Crippen LogP contribution in [0.1, 0.15) is 24.3 Å². The molecule has 0 aliphatic carbocycles. The molecule has 2 N–H and O–H groups in total. The normalized spacial score (nSPS) is 10.7. The van der Waals surface area contributed by atoms with Gasteiger partial charge < -0.3 is 14.9 Å². The van der Waals surface area contributed by atoms with Crippen molar-refractivity contribution in [1.29, 1.82) is 0 Å². The van der Waals surface area contributed by atoms with Crippen LogP contribution in [-0.2, 0) is 19.4 Å². The highest BCUT2D eigenvalue weighted by Gasteiger charge is 2.06. The first-order chi connectivity index (χ1) is 9.22. The molecule has 0 aliphatic rings. The minimum Gasteiger partial charge on any atom is -0.484 e. The van der Waals surface area contributed by atoms with Gasteiger partial charge in [-0.2, -0.15) is 0 Å². The number of nitrogens with zero attached hydrogens (tertiary/aromatic N) is 2. The van der Waals surface area contributed by atoms with Crippen LogP contribution in [0.5, 0.6) is 5.75 Å². The van der Waals surface area contributed by atoms with Crippen molar-refractivity contribution < 1.29 is 9.15 Å². The SMILES string of the molecule is CCc1nnc(COc2ccc(Br)c(CCN)c2)o1. The van der Waals surface area contributed by atoms with Gasteiger partial charge in [0.2, 0.25) is 5.89 Å². The van der Waals surface area contributed by atoms with Crippen molar-refractivity contribution in [3.8, 4) is 5.75 Å². The first-order valence-electron chi connectivity index (χ1n) is 6.15. The summed E-state index contributed by atoms with van der Waals surface area (Å²) in [6.07, 6.45) is 1.53. The summed E-state index contributed by atoms with van der Waals surface area (Å²) in [5.74, 6) is 1.88. The Morgan fingerprint density at radius 3 is 2.79 bits per heavy atom. The second kappa shape index (κ2) is 6.68. The summed E-state index contributed by atoms with van der Waals surface area (Å²) in [6.45, 7) is 2.84. The quantitative estimate of drug-likeness (QED) is 0.883. The van der Waals surface area contributed by atoms with Gasteiger partial charge >= 0.3 is 0 Å². The van der Waals surface area contributed by atoms with Crippen LogP contribution in [0.4, 0.5) is 0 Å². The van der Waals surface area contributed by atoms with E-state index in [9.17, 15) is 0 Å². The van der Waals surface area contributed by atoms with Crippen LogP contribution in [0, 0.1) is 0 Å². The Morgan fingerprint density at radius 2 is 2.11 bits per heavy atom. The zero-order chi connectivity index (χ0) is 13.7. The lowest BCUT2D eigenvalue weighted by Crippen LogP contribution is -2.04. The molecule has 0 bridgehead atoms. The molecular weight excluding hydrogens is 310 g/mol. The predicted octanol–water partition coefficient (Wildman–Crippen LogP) is 2.47. The Kier molecular flexibility index (Phi) is 4.93. The number of ether oxygens (including phenoxy) is 1. The molecule has 0 radical (unpaired) electrons. The van der Waals surface area contributed by atoms with Crippen LogP contribution in [-0.4, -0.2) is 16.7 Å². The fourth-order valence-corrected chi connectivity index (χ4v) is 2.07. The molecule has 0 atom stereocenters. The summed E-state index contributed by atoms with van der Waals surface area (Å²) in [4.78, 5) is 0. The molecule has 2 rings (SSSR count). The number of rotatable bonds is 6. The van der Waals surface area contributed by atoms with E-state index in [1.54, 1.807) is 0 Å². The highest BCUT2D eigenvalue weighted by molar-refractivity contribution is 9.10. The summed E-state index contributed by atoms with van der Waals surface area (Å²) in [5.41, 5.74) is 6.69. The van der Waals surface area contributed by atoms with Crippen molar-refractivity contribution in [2.45, 2.75) is 26.4 Å². The number of halogens is 1. The largest absolute Gasteiger partial charge is 0.484 e. The second-order valence-corrected chi connectivity index (χ2v) is 4.88. The first-order valence-corrected chi connectivity index (χ1v) is 6.94. The van der Waals surface area contributed by atoms with Crippen molar-refractivity contribution in [2.75, 3.05) is 6.54 Å². The topological polar surface area (TPSA) is 74.2 Å². The van der Waals surface area contributed by atoms with Crippen molar-refractivity contribution in [3.05, 3.63) is 40.0 Å². The van der Waals surface area contributed by atoms with Gasteiger partial charge in [0.1, 0.15) is 5.75 Å². The molecule has 1 aromatic carbocycles. The third-order valence-corrected chi connectivity index (χ3v) is 3.38. The smallest absolute Gasteiger partial charge is 0.253 e. The van der Waals surface area contributed by atoms with Crippen molar-refractivity contribution in [2.24, 2.45) is 5.73 Å². The molecule has 0 fully saturated rings. The number of hydrogen-bond donors (Lipinski definition) is 1. The Labute approximate surface area is 120 Å². The van der Waals surface area contributed by atoms with Gasteiger partial charge in [0, 0.05) is 10.9 Å². The molecule has 102 valence electrons. The Morgan fingerprint density at radius 1 is 1.32 bits per heavy atom. The minimum atomic E-state index is 0.275. The van der Waals surface area contributed by atoms with Gasteiger partial charge in [0.25, 0.3) is 5.89 Å². The summed E-state index contributed by atoms with van der Waals surface area (Å²) in [6, 6.07) is 5.81. The van der Waals surface area contributed by atoms with Crippen LogP contribution >= 0.6 is 15.9 Å². The maximum absolute atomic E-state index is 5.63. The summed E-state index contributed by atoms with van der Waals surface area (Å²) in [7, 11) is 0. The van der Waals surface area contributed by atoms with Crippen LogP contribution < -0.4 is 10.5 Å². The van der Waals surface area contributed by atoms with Gasteiger partial charge in [0.15, 0.2) is 6.61 Å².